The summed E-state index contributed by atoms with van der Waals surface area (Å²) in [6.45, 7) is 13.8. The van der Waals surface area contributed by atoms with Crippen LogP contribution in [0.25, 0.3) is 0 Å². The summed E-state index contributed by atoms with van der Waals surface area (Å²) in [6.07, 6.45) is 1.70. The van der Waals surface area contributed by atoms with E-state index in [1.54, 1.807) is 24.5 Å². The van der Waals surface area contributed by atoms with E-state index in [9.17, 15) is 9.59 Å². The molecular formula is C21H26N2O3. The minimum absolute atomic E-state index is 0.238. The molecule has 0 unspecified atom stereocenters. The van der Waals surface area contributed by atoms with Gasteiger partial charge >= 0.3 is 5.97 Å². The summed E-state index contributed by atoms with van der Waals surface area (Å²) >= 11 is 0. The first-order valence-electron chi connectivity index (χ1n) is 8.67. The van der Waals surface area contributed by atoms with Crippen LogP contribution in [0.4, 0.5) is 5.69 Å². The Balaban J connectivity index is 2.47. The Kier molecular flexibility index (Phi) is 6.03. The SMILES string of the molecule is C=CCn1c(C)c(C(=O)Nc2cc(C)cc(C)c2)c(C)c1C(=O)OCC. The molecule has 0 atom stereocenters. The molecular weight excluding hydrogens is 328 g/mol. The van der Waals surface area contributed by atoms with Crippen molar-refractivity contribution in [3.05, 3.63) is 64.5 Å². The zero-order valence-corrected chi connectivity index (χ0v) is 16.1. The molecule has 0 fully saturated rings. The number of nitrogens with one attached hydrogen (secondary N) is 1. The number of anilines is 1. The highest BCUT2D eigenvalue weighted by atomic mass is 16.5. The maximum absolute atomic E-state index is 12.9. The number of esters is 1. The molecule has 5 heteroatoms. The van der Waals surface area contributed by atoms with Gasteiger partial charge in [-0.1, -0.05) is 12.1 Å². The largest absolute Gasteiger partial charge is 0.461 e. The summed E-state index contributed by atoms with van der Waals surface area (Å²) < 4.78 is 6.94. The first-order chi connectivity index (χ1) is 12.3. The maximum atomic E-state index is 12.9. The normalized spacial score (nSPS) is 10.5. The van der Waals surface area contributed by atoms with Crippen LogP contribution in [0.2, 0.25) is 0 Å². The van der Waals surface area contributed by atoms with Crippen molar-refractivity contribution in [1.29, 1.82) is 0 Å². The second-order valence-corrected chi connectivity index (χ2v) is 6.38. The number of hydrogen-bond acceptors (Lipinski definition) is 3. The van der Waals surface area contributed by atoms with Gasteiger partial charge in [-0.05, 0) is 63.4 Å². The summed E-state index contributed by atoms with van der Waals surface area (Å²) in [5.74, 6) is -0.668. The predicted molar refractivity (Wildman–Crippen MR) is 104 cm³/mol. The number of benzene rings is 1. The number of ether oxygens (including phenoxy) is 1. The Labute approximate surface area is 154 Å². The number of rotatable bonds is 6. The molecule has 0 radical (unpaired) electrons. The minimum Gasteiger partial charge on any atom is -0.461 e. The van der Waals surface area contributed by atoms with Gasteiger partial charge in [0.25, 0.3) is 5.91 Å². The number of aromatic nitrogens is 1. The summed E-state index contributed by atoms with van der Waals surface area (Å²) in [5.41, 5.74) is 5.11. The Morgan fingerprint density at radius 2 is 1.77 bits per heavy atom. The maximum Gasteiger partial charge on any atom is 0.355 e. The van der Waals surface area contributed by atoms with Crippen LogP contribution in [0.15, 0.2) is 30.9 Å². The van der Waals surface area contributed by atoms with E-state index in [-0.39, 0.29) is 12.5 Å². The highest BCUT2D eigenvalue weighted by Crippen LogP contribution is 2.25. The Morgan fingerprint density at radius 3 is 2.31 bits per heavy atom. The summed E-state index contributed by atoms with van der Waals surface area (Å²) in [4.78, 5) is 25.3. The van der Waals surface area contributed by atoms with E-state index in [1.165, 1.54) is 0 Å². The van der Waals surface area contributed by atoms with Crippen molar-refractivity contribution in [1.82, 2.24) is 4.57 Å². The number of nitrogens with zero attached hydrogens (tertiary/aromatic N) is 1. The van der Waals surface area contributed by atoms with E-state index in [2.05, 4.69) is 11.9 Å². The fraction of sp³-hybridized carbons (Fsp3) is 0.333. The summed E-state index contributed by atoms with van der Waals surface area (Å²) in [6, 6.07) is 5.89. The van der Waals surface area contributed by atoms with Crippen LogP contribution in [0.1, 0.15) is 50.2 Å². The molecule has 0 spiro atoms. The molecule has 0 saturated heterocycles. The van der Waals surface area contributed by atoms with E-state index >= 15 is 0 Å². The van der Waals surface area contributed by atoms with Crippen molar-refractivity contribution in [2.45, 2.75) is 41.2 Å². The standard InChI is InChI=1S/C21H26N2O3/c1-7-9-23-16(6)18(15(5)19(23)21(25)26-8-2)20(24)22-17-11-13(3)10-14(4)12-17/h7,10-12H,1,8-9H2,2-6H3,(H,22,24). The lowest BCUT2D eigenvalue weighted by molar-refractivity contribution is 0.0513. The molecule has 2 aromatic rings. The minimum atomic E-state index is -0.430. The fourth-order valence-corrected chi connectivity index (χ4v) is 3.29. The highest BCUT2D eigenvalue weighted by molar-refractivity contribution is 6.08. The lowest BCUT2D eigenvalue weighted by Gasteiger charge is -2.09. The lowest BCUT2D eigenvalue weighted by atomic mass is 10.1. The molecule has 0 aliphatic rings. The van der Waals surface area contributed by atoms with Gasteiger partial charge in [-0.2, -0.15) is 0 Å². The first-order valence-corrected chi connectivity index (χ1v) is 8.67. The van der Waals surface area contributed by atoms with Crippen molar-refractivity contribution in [3.8, 4) is 0 Å². The van der Waals surface area contributed by atoms with Gasteiger partial charge in [-0.25, -0.2) is 4.79 Å². The van der Waals surface area contributed by atoms with E-state index in [0.717, 1.165) is 16.8 Å². The number of aryl methyl sites for hydroxylation is 2. The average Bonchev–Trinajstić information content (AvgIpc) is 2.77. The van der Waals surface area contributed by atoms with Gasteiger partial charge in [-0.15, -0.1) is 6.58 Å². The van der Waals surface area contributed by atoms with Gasteiger partial charge in [0, 0.05) is 17.9 Å². The third-order valence-corrected chi connectivity index (χ3v) is 4.25. The Morgan fingerprint density at radius 1 is 1.15 bits per heavy atom. The van der Waals surface area contributed by atoms with Crippen molar-refractivity contribution in [2.75, 3.05) is 11.9 Å². The van der Waals surface area contributed by atoms with Crippen LogP contribution < -0.4 is 5.32 Å². The average molecular weight is 354 g/mol. The van der Waals surface area contributed by atoms with Crippen LogP contribution >= 0.6 is 0 Å². The molecule has 1 aromatic heterocycles. The van der Waals surface area contributed by atoms with Crippen molar-refractivity contribution < 1.29 is 14.3 Å². The van der Waals surface area contributed by atoms with Gasteiger partial charge in [0.05, 0.1) is 12.2 Å². The molecule has 1 aromatic carbocycles. The second kappa shape index (κ2) is 8.04. The number of carbonyl (C=O) groups is 2. The molecule has 0 saturated carbocycles. The number of allylic oxidation sites excluding steroid dienone is 1. The summed E-state index contributed by atoms with van der Waals surface area (Å²) in [7, 11) is 0. The van der Waals surface area contributed by atoms with Crippen LogP contribution in [0, 0.1) is 27.7 Å². The molecule has 2 rings (SSSR count). The zero-order chi connectivity index (χ0) is 19.4. The molecule has 5 nitrogen and oxygen atoms in total. The number of hydrogen-bond donors (Lipinski definition) is 1. The van der Waals surface area contributed by atoms with E-state index in [0.29, 0.717) is 29.1 Å². The van der Waals surface area contributed by atoms with Crippen molar-refractivity contribution in [2.24, 2.45) is 0 Å². The molecule has 1 N–H and O–H groups in total. The van der Waals surface area contributed by atoms with Gasteiger partial charge in [0.1, 0.15) is 5.69 Å². The van der Waals surface area contributed by atoms with Crippen LogP contribution in [0.3, 0.4) is 0 Å². The number of carbonyl (C=O) groups excluding carboxylic acids is 2. The van der Waals surface area contributed by atoms with Crippen LogP contribution in [-0.4, -0.2) is 23.1 Å². The molecule has 0 aliphatic heterocycles. The van der Waals surface area contributed by atoms with E-state index in [4.69, 9.17) is 4.74 Å². The smallest absolute Gasteiger partial charge is 0.355 e. The molecule has 26 heavy (non-hydrogen) atoms. The highest BCUT2D eigenvalue weighted by Gasteiger charge is 2.26. The number of amides is 1. The molecule has 0 aliphatic carbocycles. The van der Waals surface area contributed by atoms with Gasteiger partial charge < -0.3 is 14.6 Å². The molecule has 1 amide bonds. The van der Waals surface area contributed by atoms with Gasteiger partial charge in [-0.3, -0.25) is 4.79 Å². The van der Waals surface area contributed by atoms with Gasteiger partial charge in [0.2, 0.25) is 0 Å². The third kappa shape index (κ3) is 3.87. The van der Waals surface area contributed by atoms with Crippen molar-refractivity contribution in [3.63, 3.8) is 0 Å². The van der Waals surface area contributed by atoms with Gasteiger partial charge in [0.15, 0.2) is 0 Å². The Bertz CT molecular complexity index is 842. The quantitative estimate of drug-likeness (QED) is 0.620. The molecule has 1 heterocycles. The lowest BCUT2D eigenvalue weighted by Crippen LogP contribution is -2.14. The fourth-order valence-electron chi connectivity index (χ4n) is 3.29. The van der Waals surface area contributed by atoms with Crippen LogP contribution in [-0.2, 0) is 11.3 Å². The topological polar surface area (TPSA) is 60.3 Å². The van der Waals surface area contributed by atoms with E-state index < -0.39 is 5.97 Å². The zero-order valence-electron chi connectivity index (χ0n) is 16.1. The molecule has 0 bridgehead atoms. The first kappa shape index (κ1) is 19.5. The van der Waals surface area contributed by atoms with Crippen molar-refractivity contribution >= 4 is 17.6 Å². The third-order valence-electron chi connectivity index (χ3n) is 4.25. The Hall–Kier alpha value is -2.82. The predicted octanol–water partition coefficient (Wildman–Crippen LogP) is 4.34. The van der Waals surface area contributed by atoms with Crippen LogP contribution in [0.5, 0.6) is 0 Å². The second-order valence-electron chi connectivity index (χ2n) is 6.38. The summed E-state index contributed by atoms with van der Waals surface area (Å²) in [5, 5.41) is 2.94. The monoisotopic (exact) mass is 354 g/mol. The van der Waals surface area contributed by atoms with E-state index in [1.807, 2.05) is 39.0 Å². The molecule has 138 valence electrons.